The van der Waals surface area contributed by atoms with Crippen LogP contribution < -0.4 is 9.62 Å². The molecule has 2 aromatic rings. The fraction of sp³-hybridized carbons (Fsp3) is 0.316. The summed E-state index contributed by atoms with van der Waals surface area (Å²) >= 11 is 7.40. The fourth-order valence-electron chi connectivity index (χ4n) is 2.40. The van der Waals surface area contributed by atoms with Gasteiger partial charge in [0.25, 0.3) is 0 Å². The fourth-order valence-corrected chi connectivity index (χ4v) is 4.46. The summed E-state index contributed by atoms with van der Waals surface area (Å²) < 4.78 is 38.8. The van der Waals surface area contributed by atoms with Crippen molar-refractivity contribution in [3.63, 3.8) is 0 Å². The molecule has 0 bridgehead atoms. The molecular formula is C19H22ClFN2O3S2. The minimum Gasteiger partial charge on any atom is -0.354 e. The van der Waals surface area contributed by atoms with Gasteiger partial charge in [-0.15, -0.1) is 0 Å². The summed E-state index contributed by atoms with van der Waals surface area (Å²) in [5, 5.41) is 3.06. The molecule has 0 saturated carbocycles. The molecular weight excluding hydrogens is 423 g/mol. The van der Waals surface area contributed by atoms with Gasteiger partial charge in [-0.3, -0.25) is 9.10 Å². The number of rotatable bonds is 9. The minimum absolute atomic E-state index is 0.300. The Morgan fingerprint density at radius 2 is 1.89 bits per heavy atom. The highest BCUT2D eigenvalue weighted by Crippen LogP contribution is 2.23. The predicted molar refractivity (Wildman–Crippen MR) is 114 cm³/mol. The second kappa shape index (κ2) is 10.1. The lowest BCUT2D eigenvalue weighted by molar-refractivity contribution is -0.119. The van der Waals surface area contributed by atoms with E-state index in [1.807, 2.05) is 6.92 Å². The van der Waals surface area contributed by atoms with E-state index in [2.05, 4.69) is 5.32 Å². The topological polar surface area (TPSA) is 66.5 Å². The van der Waals surface area contributed by atoms with Gasteiger partial charge < -0.3 is 5.32 Å². The number of carbonyl (C=O) groups is 1. The Balaban J connectivity index is 1.84. The molecule has 9 heteroatoms. The molecule has 0 radical (unpaired) electrons. The molecule has 0 spiro atoms. The van der Waals surface area contributed by atoms with Crippen LogP contribution in [0.3, 0.4) is 0 Å². The van der Waals surface area contributed by atoms with Gasteiger partial charge in [-0.05, 0) is 31.2 Å². The zero-order valence-electron chi connectivity index (χ0n) is 15.6. The summed E-state index contributed by atoms with van der Waals surface area (Å²) in [6.45, 7) is 1.93. The third-order valence-corrected chi connectivity index (χ3v) is 6.37. The third kappa shape index (κ3) is 6.68. The molecule has 0 aliphatic rings. The summed E-state index contributed by atoms with van der Waals surface area (Å²) in [5.74, 6) is 0.168. The lowest BCUT2D eigenvalue weighted by Crippen LogP contribution is -2.41. The van der Waals surface area contributed by atoms with Gasteiger partial charge in [0, 0.05) is 28.6 Å². The molecule has 0 atom stereocenters. The number of hydrogen-bond donors (Lipinski definition) is 1. The standard InChI is InChI=1S/C19H22ClFN2O3S2/c1-14-6-8-15(9-7-14)23(28(2,25)26)12-19(24)22-10-11-27-13-16-17(20)4-3-5-18(16)21/h3-9H,10-13H2,1-2H3,(H,22,24). The lowest BCUT2D eigenvalue weighted by Gasteiger charge is -2.22. The molecule has 0 aromatic heterocycles. The Labute approximate surface area is 174 Å². The van der Waals surface area contributed by atoms with Crippen LogP contribution >= 0.6 is 23.4 Å². The number of sulfonamides is 1. The van der Waals surface area contributed by atoms with Crippen molar-refractivity contribution in [2.45, 2.75) is 12.7 Å². The van der Waals surface area contributed by atoms with Crippen LogP contribution in [0.5, 0.6) is 0 Å². The molecule has 0 unspecified atom stereocenters. The van der Waals surface area contributed by atoms with Crippen molar-refractivity contribution >= 4 is 45.0 Å². The van der Waals surface area contributed by atoms with Gasteiger partial charge >= 0.3 is 0 Å². The first-order valence-electron chi connectivity index (χ1n) is 8.50. The van der Waals surface area contributed by atoms with Crippen molar-refractivity contribution in [1.82, 2.24) is 5.32 Å². The molecule has 0 aliphatic heterocycles. The monoisotopic (exact) mass is 444 g/mol. The van der Waals surface area contributed by atoms with Crippen LogP contribution in [0, 0.1) is 12.7 Å². The first-order valence-corrected chi connectivity index (χ1v) is 11.9. The molecule has 0 saturated heterocycles. The number of thioether (sulfide) groups is 1. The van der Waals surface area contributed by atoms with Crippen molar-refractivity contribution in [1.29, 1.82) is 0 Å². The smallest absolute Gasteiger partial charge is 0.240 e. The second-order valence-corrected chi connectivity index (χ2v) is 9.63. The highest BCUT2D eigenvalue weighted by Gasteiger charge is 2.20. The normalized spacial score (nSPS) is 11.3. The Morgan fingerprint density at radius 3 is 2.50 bits per heavy atom. The van der Waals surface area contributed by atoms with E-state index in [9.17, 15) is 17.6 Å². The molecule has 152 valence electrons. The van der Waals surface area contributed by atoms with Crippen molar-refractivity contribution in [3.05, 3.63) is 64.4 Å². The summed E-state index contributed by atoms with van der Waals surface area (Å²) in [5.41, 5.74) is 1.86. The van der Waals surface area contributed by atoms with Crippen LogP contribution in [0.25, 0.3) is 0 Å². The van der Waals surface area contributed by atoms with E-state index in [0.29, 0.717) is 34.3 Å². The molecule has 0 fully saturated rings. The van der Waals surface area contributed by atoms with Gasteiger partial charge in [0.2, 0.25) is 15.9 Å². The van der Waals surface area contributed by atoms with Gasteiger partial charge in [-0.2, -0.15) is 11.8 Å². The van der Waals surface area contributed by atoms with Gasteiger partial charge in [-0.25, -0.2) is 12.8 Å². The number of halogens is 2. The second-order valence-electron chi connectivity index (χ2n) is 6.21. The van der Waals surface area contributed by atoms with Crippen LogP contribution in [0.4, 0.5) is 10.1 Å². The number of nitrogens with zero attached hydrogens (tertiary/aromatic N) is 1. The Kier molecular flexibility index (Phi) is 8.15. The molecule has 2 aromatic carbocycles. The van der Waals surface area contributed by atoms with Crippen LogP contribution in [-0.2, 0) is 20.6 Å². The maximum absolute atomic E-state index is 13.7. The van der Waals surface area contributed by atoms with Gasteiger partial charge in [0.1, 0.15) is 12.4 Å². The number of carbonyl (C=O) groups excluding carboxylic acids is 1. The van der Waals surface area contributed by atoms with Crippen molar-refractivity contribution in [2.75, 3.05) is 29.4 Å². The molecule has 2 rings (SSSR count). The molecule has 1 amide bonds. The average molecular weight is 445 g/mol. The van der Waals surface area contributed by atoms with E-state index < -0.39 is 15.9 Å². The molecule has 0 heterocycles. The SMILES string of the molecule is Cc1ccc(N(CC(=O)NCCSCc2c(F)cccc2Cl)S(C)(=O)=O)cc1. The van der Waals surface area contributed by atoms with Crippen LogP contribution in [0.2, 0.25) is 5.02 Å². The zero-order valence-corrected chi connectivity index (χ0v) is 18.0. The molecule has 0 aliphatic carbocycles. The number of aryl methyl sites for hydroxylation is 1. The van der Waals surface area contributed by atoms with Crippen LogP contribution in [0.1, 0.15) is 11.1 Å². The number of amides is 1. The van der Waals surface area contributed by atoms with Gasteiger partial charge in [0.05, 0.1) is 11.9 Å². The number of anilines is 1. The summed E-state index contributed by atoms with van der Waals surface area (Å²) in [6.07, 6.45) is 1.06. The Bertz CT molecular complexity index is 901. The lowest BCUT2D eigenvalue weighted by atomic mass is 10.2. The maximum Gasteiger partial charge on any atom is 0.240 e. The largest absolute Gasteiger partial charge is 0.354 e. The molecule has 5 nitrogen and oxygen atoms in total. The van der Waals surface area contributed by atoms with E-state index in [1.165, 1.54) is 17.8 Å². The summed E-state index contributed by atoms with van der Waals surface area (Å²) in [7, 11) is -3.60. The van der Waals surface area contributed by atoms with E-state index in [0.717, 1.165) is 16.1 Å². The predicted octanol–water partition coefficient (Wildman–Crippen LogP) is 3.60. The Hall–Kier alpha value is -1.77. The van der Waals surface area contributed by atoms with Crippen molar-refractivity contribution in [2.24, 2.45) is 0 Å². The minimum atomic E-state index is -3.60. The van der Waals surface area contributed by atoms with Crippen molar-refractivity contribution < 1.29 is 17.6 Å². The number of nitrogens with one attached hydrogen (secondary N) is 1. The van der Waals surface area contributed by atoms with E-state index >= 15 is 0 Å². The highest BCUT2D eigenvalue weighted by atomic mass is 35.5. The summed E-state index contributed by atoms with van der Waals surface area (Å²) in [6, 6.07) is 11.4. The molecule has 28 heavy (non-hydrogen) atoms. The van der Waals surface area contributed by atoms with Gasteiger partial charge in [0.15, 0.2) is 0 Å². The molecule has 1 N–H and O–H groups in total. The van der Waals surface area contributed by atoms with E-state index in [-0.39, 0.29) is 12.4 Å². The maximum atomic E-state index is 13.7. The quantitative estimate of drug-likeness (QED) is 0.600. The first kappa shape index (κ1) is 22.5. The zero-order chi connectivity index (χ0) is 20.7. The first-order chi connectivity index (χ1) is 13.2. The summed E-state index contributed by atoms with van der Waals surface area (Å²) in [4.78, 5) is 12.2. The Morgan fingerprint density at radius 1 is 1.21 bits per heavy atom. The van der Waals surface area contributed by atoms with E-state index in [1.54, 1.807) is 36.4 Å². The number of hydrogen-bond acceptors (Lipinski definition) is 4. The van der Waals surface area contributed by atoms with Gasteiger partial charge in [-0.1, -0.05) is 35.4 Å². The highest BCUT2D eigenvalue weighted by molar-refractivity contribution is 7.98. The average Bonchev–Trinajstić information content (AvgIpc) is 2.61. The number of benzene rings is 2. The van der Waals surface area contributed by atoms with Crippen molar-refractivity contribution in [3.8, 4) is 0 Å². The van der Waals surface area contributed by atoms with Crippen LogP contribution in [-0.4, -0.2) is 39.4 Å². The third-order valence-electron chi connectivity index (χ3n) is 3.89. The van der Waals surface area contributed by atoms with E-state index in [4.69, 9.17) is 11.6 Å². The van der Waals surface area contributed by atoms with Crippen LogP contribution in [0.15, 0.2) is 42.5 Å².